The van der Waals surface area contributed by atoms with Crippen LogP contribution in [0.4, 0.5) is 0 Å². The van der Waals surface area contributed by atoms with E-state index < -0.39 is 17.5 Å². The molecule has 6 heteroatoms. The van der Waals surface area contributed by atoms with E-state index in [4.69, 9.17) is 0 Å². The van der Waals surface area contributed by atoms with Crippen LogP contribution < -0.4 is 11.0 Å². The summed E-state index contributed by atoms with van der Waals surface area (Å²) in [5.74, 6) is -0.856. The molecule has 4 N–H and O–H groups in total. The maximum Gasteiger partial charge on any atom is 0.326 e. The number of aromatic hydroxyl groups is 1. The zero-order chi connectivity index (χ0) is 19.7. The highest BCUT2D eigenvalue weighted by atomic mass is 16.3. The SMILES string of the molecule is CCCCCCCCCCCCCCCCCNC(=O)c1[nH]c(=O)[nH]c1O. The Labute approximate surface area is 163 Å². The fraction of sp³-hybridized carbons (Fsp3) is 0.810. The van der Waals surface area contributed by atoms with Crippen molar-refractivity contribution in [2.75, 3.05) is 6.54 Å². The Hall–Kier alpha value is -1.72. The van der Waals surface area contributed by atoms with Gasteiger partial charge in [-0.05, 0) is 6.42 Å². The normalized spacial score (nSPS) is 11.0. The molecule has 0 aromatic carbocycles. The number of aromatic amines is 2. The third-order valence-electron chi connectivity index (χ3n) is 5.00. The van der Waals surface area contributed by atoms with Gasteiger partial charge in [-0.15, -0.1) is 0 Å². The number of aromatic nitrogens is 2. The second-order valence-corrected chi connectivity index (χ2v) is 7.51. The molecule has 0 radical (unpaired) electrons. The van der Waals surface area contributed by atoms with Gasteiger partial charge in [-0.25, -0.2) is 4.79 Å². The number of imidazole rings is 1. The maximum absolute atomic E-state index is 11.8. The van der Waals surface area contributed by atoms with Crippen molar-refractivity contribution in [1.82, 2.24) is 15.3 Å². The van der Waals surface area contributed by atoms with Crippen LogP contribution in [0.5, 0.6) is 5.88 Å². The first-order valence-corrected chi connectivity index (χ1v) is 10.9. The Bertz CT molecular complexity index is 551. The van der Waals surface area contributed by atoms with E-state index in [1.165, 1.54) is 83.5 Å². The average molecular weight is 382 g/mol. The molecule has 0 saturated heterocycles. The molecule has 0 spiro atoms. The van der Waals surface area contributed by atoms with E-state index >= 15 is 0 Å². The Morgan fingerprint density at radius 2 is 1.22 bits per heavy atom. The van der Waals surface area contributed by atoms with Crippen LogP contribution in [-0.4, -0.2) is 27.5 Å². The molecule has 1 aromatic heterocycles. The average Bonchev–Trinajstić information content (AvgIpc) is 2.99. The quantitative estimate of drug-likeness (QED) is 0.285. The lowest BCUT2D eigenvalue weighted by Crippen LogP contribution is -2.25. The molecular formula is C21H39N3O3. The predicted octanol–water partition coefficient (Wildman–Crippen LogP) is 5.01. The van der Waals surface area contributed by atoms with E-state index in [0.29, 0.717) is 6.54 Å². The Morgan fingerprint density at radius 1 is 0.778 bits per heavy atom. The smallest absolute Gasteiger partial charge is 0.326 e. The summed E-state index contributed by atoms with van der Waals surface area (Å²) in [5.41, 5.74) is -0.675. The summed E-state index contributed by atoms with van der Waals surface area (Å²) in [4.78, 5) is 27.2. The molecule has 0 aliphatic carbocycles. The van der Waals surface area contributed by atoms with E-state index in [0.717, 1.165) is 12.8 Å². The van der Waals surface area contributed by atoms with Crippen molar-refractivity contribution in [2.24, 2.45) is 0 Å². The molecule has 0 saturated carbocycles. The molecule has 6 nitrogen and oxygen atoms in total. The van der Waals surface area contributed by atoms with E-state index in [1.807, 2.05) is 0 Å². The van der Waals surface area contributed by atoms with Crippen LogP contribution in [0.15, 0.2) is 4.79 Å². The summed E-state index contributed by atoms with van der Waals surface area (Å²) in [6.07, 6.45) is 19.6. The van der Waals surface area contributed by atoms with Gasteiger partial charge < -0.3 is 10.4 Å². The van der Waals surface area contributed by atoms with E-state index in [-0.39, 0.29) is 5.69 Å². The number of rotatable bonds is 17. The summed E-state index contributed by atoms with van der Waals surface area (Å²) in [5, 5.41) is 12.1. The molecule has 0 atom stereocenters. The van der Waals surface area contributed by atoms with Gasteiger partial charge in [0.2, 0.25) is 5.88 Å². The summed E-state index contributed by atoms with van der Waals surface area (Å²) in [6, 6.07) is 0. The second kappa shape index (κ2) is 15.3. The third kappa shape index (κ3) is 11.6. The number of H-pyrrole nitrogens is 2. The number of hydrogen-bond acceptors (Lipinski definition) is 3. The van der Waals surface area contributed by atoms with Crippen LogP contribution >= 0.6 is 0 Å². The number of nitrogens with one attached hydrogen (secondary N) is 3. The van der Waals surface area contributed by atoms with Crippen molar-refractivity contribution in [3.8, 4) is 5.88 Å². The van der Waals surface area contributed by atoms with Crippen LogP contribution in [0.25, 0.3) is 0 Å². The topological polar surface area (TPSA) is 98.0 Å². The van der Waals surface area contributed by atoms with E-state index in [2.05, 4.69) is 22.2 Å². The summed E-state index contributed by atoms with van der Waals surface area (Å²) in [6.45, 7) is 2.82. The number of carbonyl (C=O) groups excluding carboxylic acids is 1. The highest BCUT2D eigenvalue weighted by molar-refractivity contribution is 5.94. The monoisotopic (exact) mass is 381 g/mol. The van der Waals surface area contributed by atoms with Crippen molar-refractivity contribution >= 4 is 5.91 Å². The summed E-state index contributed by atoms with van der Waals surface area (Å²) in [7, 11) is 0. The Balaban J connectivity index is 1.82. The van der Waals surface area contributed by atoms with Crippen LogP contribution in [0.2, 0.25) is 0 Å². The maximum atomic E-state index is 11.8. The molecule has 0 aliphatic heterocycles. The fourth-order valence-corrected chi connectivity index (χ4v) is 3.32. The molecule has 27 heavy (non-hydrogen) atoms. The predicted molar refractivity (Wildman–Crippen MR) is 110 cm³/mol. The van der Waals surface area contributed by atoms with E-state index in [1.54, 1.807) is 0 Å². The first-order valence-electron chi connectivity index (χ1n) is 10.9. The lowest BCUT2D eigenvalue weighted by atomic mass is 10.0. The lowest BCUT2D eigenvalue weighted by molar-refractivity contribution is 0.0945. The highest BCUT2D eigenvalue weighted by Crippen LogP contribution is 2.13. The molecule has 1 amide bonds. The summed E-state index contributed by atoms with van der Waals surface area (Å²) >= 11 is 0. The zero-order valence-electron chi connectivity index (χ0n) is 17.1. The minimum absolute atomic E-state index is 0.0963. The largest absolute Gasteiger partial charge is 0.493 e. The van der Waals surface area contributed by atoms with Gasteiger partial charge in [-0.2, -0.15) is 0 Å². The van der Waals surface area contributed by atoms with Crippen molar-refractivity contribution in [3.63, 3.8) is 0 Å². The minimum Gasteiger partial charge on any atom is -0.493 e. The molecule has 1 heterocycles. The van der Waals surface area contributed by atoms with Gasteiger partial charge in [0.05, 0.1) is 0 Å². The van der Waals surface area contributed by atoms with Crippen LogP contribution in [0.1, 0.15) is 114 Å². The Kier molecular flexibility index (Phi) is 13.3. The summed E-state index contributed by atoms with van der Waals surface area (Å²) < 4.78 is 0. The molecule has 1 aromatic rings. The van der Waals surface area contributed by atoms with Gasteiger partial charge in [-0.3, -0.25) is 14.8 Å². The number of hydrogen-bond donors (Lipinski definition) is 4. The minimum atomic E-state index is -0.579. The van der Waals surface area contributed by atoms with Gasteiger partial charge in [0, 0.05) is 6.54 Å². The number of amides is 1. The van der Waals surface area contributed by atoms with Crippen molar-refractivity contribution in [3.05, 3.63) is 16.2 Å². The van der Waals surface area contributed by atoms with Gasteiger partial charge in [0.25, 0.3) is 5.91 Å². The van der Waals surface area contributed by atoms with Gasteiger partial charge in [0.15, 0.2) is 5.69 Å². The molecule has 156 valence electrons. The molecule has 0 unspecified atom stereocenters. The second-order valence-electron chi connectivity index (χ2n) is 7.51. The molecule has 0 fully saturated rings. The van der Waals surface area contributed by atoms with Gasteiger partial charge >= 0.3 is 5.69 Å². The van der Waals surface area contributed by atoms with Crippen molar-refractivity contribution in [2.45, 2.75) is 103 Å². The van der Waals surface area contributed by atoms with Crippen LogP contribution in [0.3, 0.4) is 0 Å². The Morgan fingerprint density at radius 3 is 1.63 bits per heavy atom. The molecule has 0 aliphatic rings. The van der Waals surface area contributed by atoms with E-state index in [9.17, 15) is 14.7 Å². The van der Waals surface area contributed by atoms with Gasteiger partial charge in [-0.1, -0.05) is 96.8 Å². The van der Waals surface area contributed by atoms with Crippen LogP contribution in [0, 0.1) is 0 Å². The standard InChI is InChI=1S/C21H39N3O3/c1-2-3-4-5-6-7-8-9-10-11-12-13-14-15-16-17-22-19(25)18-20(26)24-21(27)23-18/h26H,2-17H2,1H3,(H,22,25)(H2,23,24,27). The third-order valence-corrected chi connectivity index (χ3v) is 5.00. The fourth-order valence-electron chi connectivity index (χ4n) is 3.32. The molecular weight excluding hydrogens is 342 g/mol. The molecule has 1 rings (SSSR count). The number of unbranched alkanes of at least 4 members (excludes halogenated alkanes) is 14. The lowest BCUT2D eigenvalue weighted by Gasteiger charge is -2.05. The highest BCUT2D eigenvalue weighted by Gasteiger charge is 2.13. The number of carbonyl (C=O) groups is 1. The van der Waals surface area contributed by atoms with Crippen molar-refractivity contribution < 1.29 is 9.90 Å². The van der Waals surface area contributed by atoms with Crippen molar-refractivity contribution in [1.29, 1.82) is 0 Å². The molecule has 0 bridgehead atoms. The first-order chi connectivity index (χ1) is 13.1. The zero-order valence-corrected chi connectivity index (χ0v) is 17.1. The van der Waals surface area contributed by atoms with Gasteiger partial charge in [0.1, 0.15) is 0 Å². The first kappa shape index (κ1) is 23.3. The van der Waals surface area contributed by atoms with Crippen LogP contribution in [-0.2, 0) is 0 Å².